The van der Waals surface area contributed by atoms with Crippen LogP contribution in [0.3, 0.4) is 0 Å². The van der Waals surface area contributed by atoms with Crippen LogP contribution in [-0.4, -0.2) is 16.5 Å². The Morgan fingerprint density at radius 1 is 1.40 bits per heavy atom. The first kappa shape index (κ1) is 12.0. The molecule has 1 rings (SSSR count). The van der Waals surface area contributed by atoms with E-state index in [0.29, 0.717) is 10.8 Å². The van der Waals surface area contributed by atoms with E-state index < -0.39 is 0 Å². The third-order valence-electron chi connectivity index (χ3n) is 2.09. The summed E-state index contributed by atoms with van der Waals surface area (Å²) in [5.41, 5.74) is 5.46. The zero-order valence-electron chi connectivity index (χ0n) is 8.96. The molecule has 0 fully saturated rings. The second kappa shape index (κ2) is 6.45. The number of unbranched alkanes of at least 4 members (excludes halogenated alkanes) is 3. The average Bonchev–Trinajstić information content (AvgIpc) is 2.23. The van der Waals surface area contributed by atoms with Gasteiger partial charge in [-0.3, -0.25) is 0 Å². The third kappa shape index (κ3) is 4.34. The van der Waals surface area contributed by atoms with Crippen LogP contribution in [-0.2, 0) is 0 Å². The van der Waals surface area contributed by atoms with Gasteiger partial charge in [0.1, 0.15) is 10.8 Å². The predicted octanol–water partition coefficient (Wildman–Crippen LogP) is 2.70. The van der Waals surface area contributed by atoms with Gasteiger partial charge in [0.05, 0.1) is 6.20 Å². The van der Waals surface area contributed by atoms with Crippen molar-refractivity contribution in [3.8, 4) is 0 Å². The Morgan fingerprint density at radius 2 is 2.20 bits per heavy atom. The van der Waals surface area contributed by atoms with Crippen LogP contribution >= 0.6 is 11.6 Å². The number of nitrogens with two attached hydrogens (primary N) is 1. The highest BCUT2D eigenvalue weighted by Gasteiger charge is 2.01. The number of nitrogens with zero attached hydrogens (tertiary/aromatic N) is 2. The molecule has 0 amide bonds. The van der Waals surface area contributed by atoms with Gasteiger partial charge in [0, 0.05) is 6.54 Å². The van der Waals surface area contributed by atoms with Crippen LogP contribution in [0, 0.1) is 0 Å². The van der Waals surface area contributed by atoms with Crippen molar-refractivity contribution in [2.75, 3.05) is 17.6 Å². The van der Waals surface area contributed by atoms with Crippen LogP contribution in [0.5, 0.6) is 0 Å². The quantitative estimate of drug-likeness (QED) is 0.735. The lowest BCUT2D eigenvalue weighted by Crippen LogP contribution is -2.06. The molecule has 1 aromatic rings. The Morgan fingerprint density at radius 3 is 2.93 bits per heavy atom. The molecule has 0 saturated heterocycles. The molecule has 0 saturated carbocycles. The number of nitrogen functional groups attached to an aromatic ring is 1. The van der Waals surface area contributed by atoms with Crippen molar-refractivity contribution in [2.24, 2.45) is 0 Å². The maximum absolute atomic E-state index is 5.89. The minimum Gasteiger partial charge on any atom is -0.369 e. The highest BCUT2D eigenvalue weighted by Crippen LogP contribution is 2.18. The fourth-order valence-corrected chi connectivity index (χ4v) is 1.42. The molecule has 0 bridgehead atoms. The Kier molecular flexibility index (Phi) is 5.18. The number of rotatable bonds is 6. The van der Waals surface area contributed by atoms with Crippen molar-refractivity contribution in [3.05, 3.63) is 11.2 Å². The molecule has 0 radical (unpaired) electrons. The lowest BCUT2D eigenvalue weighted by atomic mass is 10.2. The van der Waals surface area contributed by atoms with Crippen molar-refractivity contribution in [1.29, 1.82) is 0 Å². The molecule has 1 heterocycles. The van der Waals surface area contributed by atoms with E-state index in [-0.39, 0.29) is 5.95 Å². The van der Waals surface area contributed by atoms with Gasteiger partial charge in [-0.05, 0) is 6.42 Å². The van der Waals surface area contributed by atoms with E-state index in [0.717, 1.165) is 13.0 Å². The number of hydrogen-bond donors (Lipinski definition) is 2. The van der Waals surface area contributed by atoms with Gasteiger partial charge in [-0.15, -0.1) is 0 Å². The molecule has 3 N–H and O–H groups in total. The van der Waals surface area contributed by atoms with E-state index in [4.69, 9.17) is 17.3 Å². The molecule has 15 heavy (non-hydrogen) atoms. The molecule has 0 aliphatic rings. The van der Waals surface area contributed by atoms with E-state index in [2.05, 4.69) is 22.2 Å². The van der Waals surface area contributed by atoms with Gasteiger partial charge in [0.25, 0.3) is 0 Å². The monoisotopic (exact) mass is 228 g/mol. The molecular weight excluding hydrogens is 212 g/mol. The Bertz CT molecular complexity index is 303. The molecule has 0 atom stereocenters. The molecule has 0 unspecified atom stereocenters. The average molecular weight is 229 g/mol. The summed E-state index contributed by atoms with van der Waals surface area (Å²) in [6.45, 7) is 3.06. The third-order valence-corrected chi connectivity index (χ3v) is 2.36. The Balaban J connectivity index is 2.33. The summed E-state index contributed by atoms with van der Waals surface area (Å²) in [4.78, 5) is 7.81. The van der Waals surface area contributed by atoms with Crippen LogP contribution in [0.1, 0.15) is 32.6 Å². The van der Waals surface area contributed by atoms with Crippen LogP contribution in [0.2, 0.25) is 5.02 Å². The lowest BCUT2D eigenvalue weighted by molar-refractivity contribution is 0.684. The number of anilines is 2. The zero-order chi connectivity index (χ0) is 11.1. The topological polar surface area (TPSA) is 63.8 Å². The largest absolute Gasteiger partial charge is 0.369 e. The summed E-state index contributed by atoms with van der Waals surface area (Å²) in [5.74, 6) is 0.871. The molecule has 4 nitrogen and oxygen atoms in total. The number of halogens is 1. The fraction of sp³-hybridized carbons (Fsp3) is 0.600. The normalized spacial score (nSPS) is 10.3. The van der Waals surface area contributed by atoms with Gasteiger partial charge in [-0.2, -0.15) is 4.98 Å². The van der Waals surface area contributed by atoms with Gasteiger partial charge in [-0.25, -0.2) is 4.98 Å². The van der Waals surface area contributed by atoms with Gasteiger partial charge in [0.2, 0.25) is 5.95 Å². The van der Waals surface area contributed by atoms with Gasteiger partial charge in [0.15, 0.2) is 0 Å². The lowest BCUT2D eigenvalue weighted by Gasteiger charge is -2.06. The van der Waals surface area contributed by atoms with Crippen LogP contribution < -0.4 is 11.1 Å². The number of hydrogen-bond acceptors (Lipinski definition) is 4. The van der Waals surface area contributed by atoms with Crippen LogP contribution in [0.15, 0.2) is 6.20 Å². The van der Waals surface area contributed by atoms with E-state index in [1.54, 1.807) is 0 Å². The first-order valence-electron chi connectivity index (χ1n) is 5.26. The number of nitrogens with one attached hydrogen (secondary N) is 1. The van der Waals surface area contributed by atoms with Gasteiger partial charge < -0.3 is 11.1 Å². The van der Waals surface area contributed by atoms with Crippen molar-refractivity contribution in [3.63, 3.8) is 0 Å². The molecule has 0 spiro atoms. The predicted molar refractivity (Wildman–Crippen MR) is 64.1 cm³/mol. The summed E-state index contributed by atoms with van der Waals surface area (Å²) >= 11 is 5.89. The maximum Gasteiger partial charge on any atom is 0.222 e. The first-order chi connectivity index (χ1) is 7.24. The van der Waals surface area contributed by atoms with Crippen LogP contribution in [0.25, 0.3) is 0 Å². The smallest absolute Gasteiger partial charge is 0.222 e. The van der Waals surface area contributed by atoms with E-state index >= 15 is 0 Å². The minimum atomic E-state index is 0.246. The molecule has 1 aromatic heterocycles. The Hall–Kier alpha value is -1.03. The summed E-state index contributed by atoms with van der Waals surface area (Å²) in [6.07, 6.45) is 6.36. The maximum atomic E-state index is 5.89. The van der Waals surface area contributed by atoms with E-state index in [1.807, 2.05) is 0 Å². The summed E-state index contributed by atoms with van der Waals surface area (Å²) in [7, 11) is 0. The zero-order valence-corrected chi connectivity index (χ0v) is 9.72. The first-order valence-corrected chi connectivity index (χ1v) is 5.63. The highest BCUT2D eigenvalue weighted by atomic mass is 35.5. The van der Waals surface area contributed by atoms with Crippen molar-refractivity contribution in [2.45, 2.75) is 32.6 Å². The van der Waals surface area contributed by atoms with Gasteiger partial charge in [-0.1, -0.05) is 37.8 Å². The second-order valence-corrected chi connectivity index (χ2v) is 3.82. The van der Waals surface area contributed by atoms with Crippen LogP contribution in [0.4, 0.5) is 11.8 Å². The van der Waals surface area contributed by atoms with Crippen molar-refractivity contribution >= 4 is 23.4 Å². The molecule has 0 aliphatic heterocycles. The van der Waals surface area contributed by atoms with Crippen molar-refractivity contribution in [1.82, 2.24) is 9.97 Å². The minimum absolute atomic E-state index is 0.246. The molecular formula is C10H17ClN4. The van der Waals surface area contributed by atoms with E-state index in [9.17, 15) is 0 Å². The molecule has 84 valence electrons. The summed E-state index contributed by atoms with van der Waals surface area (Å²) < 4.78 is 0. The molecule has 0 aromatic carbocycles. The van der Waals surface area contributed by atoms with Gasteiger partial charge >= 0.3 is 0 Å². The fourth-order valence-electron chi connectivity index (χ4n) is 1.26. The highest BCUT2D eigenvalue weighted by molar-refractivity contribution is 6.32. The SMILES string of the molecule is CCCCCCNc1nc(N)ncc1Cl. The summed E-state index contributed by atoms with van der Waals surface area (Å²) in [6, 6.07) is 0. The van der Waals surface area contributed by atoms with E-state index in [1.165, 1.54) is 25.5 Å². The standard InChI is InChI=1S/C10H17ClN4/c1-2-3-4-5-6-13-9-8(11)7-14-10(12)15-9/h7H,2-6H2,1H3,(H3,12,13,14,15). The second-order valence-electron chi connectivity index (χ2n) is 3.41. The molecule has 5 heteroatoms. The molecule has 0 aliphatic carbocycles. The summed E-state index contributed by atoms with van der Waals surface area (Å²) in [5, 5.41) is 3.66. The Labute approximate surface area is 95.3 Å². The number of aromatic nitrogens is 2. The van der Waals surface area contributed by atoms with Crippen molar-refractivity contribution < 1.29 is 0 Å².